The van der Waals surface area contributed by atoms with Crippen LogP contribution >= 0.6 is 11.6 Å². The Morgan fingerprint density at radius 1 is 1.36 bits per heavy atom. The minimum absolute atomic E-state index is 0.209. The molecule has 78 valence electrons. The highest BCUT2D eigenvalue weighted by Gasteiger charge is 1.96. The van der Waals surface area contributed by atoms with Crippen LogP contribution in [0.5, 0.6) is 0 Å². The van der Waals surface area contributed by atoms with Crippen LogP contribution in [0.1, 0.15) is 18.9 Å². The van der Waals surface area contributed by atoms with Crippen molar-refractivity contribution < 1.29 is 4.74 Å². The smallest absolute Gasteiger partial charge is 0.0716 e. The fraction of sp³-hybridized carbons (Fsp3) is 0.455. The molecule has 0 aliphatic carbocycles. The third-order valence-corrected chi connectivity index (χ3v) is 2.15. The van der Waals surface area contributed by atoms with Crippen molar-refractivity contribution in [2.75, 3.05) is 6.61 Å². The summed E-state index contributed by atoms with van der Waals surface area (Å²) in [6.45, 7) is 3.32. The van der Waals surface area contributed by atoms with Gasteiger partial charge < -0.3 is 10.5 Å². The van der Waals surface area contributed by atoms with Gasteiger partial charge in [0.05, 0.1) is 6.61 Å². The van der Waals surface area contributed by atoms with E-state index in [0.29, 0.717) is 13.2 Å². The molecule has 0 radical (unpaired) electrons. The van der Waals surface area contributed by atoms with Crippen molar-refractivity contribution in [3.05, 3.63) is 34.9 Å². The van der Waals surface area contributed by atoms with Crippen LogP contribution in [-0.2, 0) is 11.3 Å². The first kappa shape index (κ1) is 11.5. The van der Waals surface area contributed by atoms with Crippen molar-refractivity contribution in [2.45, 2.75) is 26.0 Å². The highest BCUT2D eigenvalue weighted by molar-refractivity contribution is 6.30. The molecule has 0 spiro atoms. The number of nitrogens with two attached hydrogens (primary N) is 1. The van der Waals surface area contributed by atoms with Crippen molar-refractivity contribution in [3.8, 4) is 0 Å². The number of benzene rings is 1. The van der Waals surface area contributed by atoms with E-state index >= 15 is 0 Å². The SMILES string of the molecule is C[C@H](N)CCOCc1ccc(Cl)cc1. The zero-order chi connectivity index (χ0) is 10.4. The van der Waals surface area contributed by atoms with Crippen LogP contribution in [0.4, 0.5) is 0 Å². The normalized spacial score (nSPS) is 12.8. The van der Waals surface area contributed by atoms with Gasteiger partial charge in [0.25, 0.3) is 0 Å². The van der Waals surface area contributed by atoms with Crippen molar-refractivity contribution in [3.63, 3.8) is 0 Å². The summed E-state index contributed by atoms with van der Waals surface area (Å²) in [5.74, 6) is 0. The predicted octanol–water partition coefficient (Wildman–Crippen LogP) is 2.59. The molecule has 0 unspecified atom stereocenters. The monoisotopic (exact) mass is 213 g/mol. The lowest BCUT2D eigenvalue weighted by Gasteiger charge is -2.06. The summed E-state index contributed by atoms with van der Waals surface area (Å²) in [6, 6.07) is 7.88. The zero-order valence-electron chi connectivity index (χ0n) is 8.37. The minimum Gasteiger partial charge on any atom is -0.377 e. The number of halogens is 1. The Bertz CT molecular complexity index is 258. The zero-order valence-corrected chi connectivity index (χ0v) is 9.13. The molecule has 1 aromatic rings. The van der Waals surface area contributed by atoms with E-state index < -0.39 is 0 Å². The van der Waals surface area contributed by atoms with E-state index in [1.165, 1.54) is 0 Å². The van der Waals surface area contributed by atoms with Gasteiger partial charge in [0.1, 0.15) is 0 Å². The maximum Gasteiger partial charge on any atom is 0.0716 e. The van der Waals surface area contributed by atoms with Gasteiger partial charge in [-0.05, 0) is 31.0 Å². The average Bonchev–Trinajstić information content (AvgIpc) is 2.15. The molecular weight excluding hydrogens is 198 g/mol. The second kappa shape index (κ2) is 6.02. The summed E-state index contributed by atoms with van der Waals surface area (Å²) in [4.78, 5) is 0. The maximum atomic E-state index is 5.76. The van der Waals surface area contributed by atoms with Crippen LogP contribution < -0.4 is 5.73 Å². The van der Waals surface area contributed by atoms with Crippen LogP contribution in [0.15, 0.2) is 24.3 Å². The molecule has 0 aromatic heterocycles. The topological polar surface area (TPSA) is 35.2 Å². The lowest BCUT2D eigenvalue weighted by molar-refractivity contribution is 0.115. The molecular formula is C11H16ClNO. The van der Waals surface area contributed by atoms with Crippen LogP contribution in [0.3, 0.4) is 0 Å². The van der Waals surface area contributed by atoms with Crippen LogP contribution in [-0.4, -0.2) is 12.6 Å². The molecule has 0 heterocycles. The third kappa shape index (κ3) is 4.61. The van der Waals surface area contributed by atoms with E-state index in [4.69, 9.17) is 22.1 Å². The quantitative estimate of drug-likeness (QED) is 0.764. The minimum atomic E-state index is 0.209. The van der Waals surface area contributed by atoms with Crippen molar-refractivity contribution in [1.82, 2.24) is 0 Å². The number of hydrogen-bond acceptors (Lipinski definition) is 2. The van der Waals surface area contributed by atoms with Gasteiger partial charge in [-0.25, -0.2) is 0 Å². The van der Waals surface area contributed by atoms with Crippen molar-refractivity contribution in [1.29, 1.82) is 0 Å². The Morgan fingerprint density at radius 3 is 2.57 bits per heavy atom. The summed E-state index contributed by atoms with van der Waals surface area (Å²) in [5, 5.41) is 0.754. The Morgan fingerprint density at radius 2 is 2.00 bits per heavy atom. The van der Waals surface area contributed by atoms with Gasteiger partial charge in [0.2, 0.25) is 0 Å². The molecule has 0 bridgehead atoms. The van der Waals surface area contributed by atoms with Gasteiger partial charge in [-0.15, -0.1) is 0 Å². The van der Waals surface area contributed by atoms with E-state index in [9.17, 15) is 0 Å². The van der Waals surface area contributed by atoms with Gasteiger partial charge >= 0.3 is 0 Å². The fourth-order valence-electron chi connectivity index (χ4n) is 1.04. The van der Waals surface area contributed by atoms with E-state index in [0.717, 1.165) is 17.0 Å². The number of hydrogen-bond donors (Lipinski definition) is 1. The molecule has 3 heteroatoms. The summed E-state index contributed by atoms with van der Waals surface area (Å²) >= 11 is 5.76. The average molecular weight is 214 g/mol. The van der Waals surface area contributed by atoms with E-state index in [2.05, 4.69) is 0 Å². The molecule has 1 aromatic carbocycles. The molecule has 0 aliphatic rings. The summed E-state index contributed by atoms with van der Waals surface area (Å²) in [7, 11) is 0. The van der Waals surface area contributed by atoms with Gasteiger partial charge in [0.15, 0.2) is 0 Å². The molecule has 0 amide bonds. The highest BCUT2D eigenvalue weighted by atomic mass is 35.5. The molecule has 0 fully saturated rings. The first-order valence-electron chi connectivity index (χ1n) is 4.76. The maximum absolute atomic E-state index is 5.76. The van der Waals surface area contributed by atoms with Gasteiger partial charge in [-0.3, -0.25) is 0 Å². The number of ether oxygens (including phenoxy) is 1. The predicted molar refractivity (Wildman–Crippen MR) is 59.4 cm³/mol. The molecule has 0 aliphatic heterocycles. The first-order chi connectivity index (χ1) is 6.68. The van der Waals surface area contributed by atoms with Crippen LogP contribution in [0, 0.1) is 0 Å². The standard InChI is InChI=1S/C11H16ClNO/c1-9(13)6-7-14-8-10-2-4-11(12)5-3-10/h2-5,9H,6-8,13H2,1H3/t9-/m0/s1. The second-order valence-electron chi connectivity index (χ2n) is 3.45. The largest absolute Gasteiger partial charge is 0.377 e. The van der Waals surface area contributed by atoms with Crippen LogP contribution in [0.2, 0.25) is 5.02 Å². The lowest BCUT2D eigenvalue weighted by atomic mass is 10.2. The molecule has 2 nitrogen and oxygen atoms in total. The Kier molecular flexibility index (Phi) is 4.94. The van der Waals surface area contributed by atoms with Gasteiger partial charge in [-0.2, -0.15) is 0 Å². The molecule has 14 heavy (non-hydrogen) atoms. The van der Waals surface area contributed by atoms with E-state index in [-0.39, 0.29) is 6.04 Å². The second-order valence-corrected chi connectivity index (χ2v) is 3.88. The fourth-order valence-corrected chi connectivity index (χ4v) is 1.17. The van der Waals surface area contributed by atoms with Gasteiger partial charge in [-0.1, -0.05) is 23.7 Å². The summed E-state index contributed by atoms with van der Waals surface area (Å²) < 4.78 is 5.45. The van der Waals surface area contributed by atoms with Crippen molar-refractivity contribution >= 4 is 11.6 Å². The van der Waals surface area contributed by atoms with E-state index in [1.807, 2.05) is 31.2 Å². The first-order valence-corrected chi connectivity index (χ1v) is 5.14. The number of rotatable bonds is 5. The Balaban J connectivity index is 2.21. The molecule has 0 saturated heterocycles. The third-order valence-electron chi connectivity index (χ3n) is 1.90. The van der Waals surface area contributed by atoms with Crippen molar-refractivity contribution in [2.24, 2.45) is 5.73 Å². The highest BCUT2D eigenvalue weighted by Crippen LogP contribution is 2.10. The Labute approximate surface area is 90.0 Å². The van der Waals surface area contributed by atoms with Crippen LogP contribution in [0.25, 0.3) is 0 Å². The lowest BCUT2D eigenvalue weighted by Crippen LogP contribution is -2.17. The Hall–Kier alpha value is -0.570. The van der Waals surface area contributed by atoms with Gasteiger partial charge in [0, 0.05) is 17.7 Å². The summed E-state index contributed by atoms with van der Waals surface area (Å²) in [6.07, 6.45) is 0.896. The molecule has 2 N–H and O–H groups in total. The molecule has 1 rings (SSSR count). The molecule has 1 atom stereocenters. The summed E-state index contributed by atoms with van der Waals surface area (Å²) in [5.41, 5.74) is 6.73. The molecule has 0 saturated carbocycles. The van der Waals surface area contributed by atoms with E-state index in [1.54, 1.807) is 0 Å².